The molecule has 6 rings (SSSR count). The van der Waals surface area contributed by atoms with Crippen LogP contribution in [0.1, 0.15) is 27.8 Å². The molecule has 3 aliphatic rings. The van der Waals surface area contributed by atoms with E-state index in [4.69, 9.17) is 10.7 Å². The summed E-state index contributed by atoms with van der Waals surface area (Å²) in [6.45, 7) is 0. The van der Waals surface area contributed by atoms with Gasteiger partial charge >= 0.3 is 0 Å². The maximum absolute atomic E-state index is 13.9. The number of aliphatic imine (C=N–C) groups is 1. The van der Waals surface area contributed by atoms with Crippen molar-refractivity contribution in [1.82, 2.24) is 4.90 Å². The van der Waals surface area contributed by atoms with Gasteiger partial charge in [0.15, 0.2) is 11.5 Å². The highest BCUT2D eigenvalue weighted by molar-refractivity contribution is 6.08. The number of nitriles is 1. The quantitative estimate of drug-likeness (QED) is 0.656. The maximum atomic E-state index is 13.9. The van der Waals surface area contributed by atoms with E-state index >= 15 is 0 Å². The summed E-state index contributed by atoms with van der Waals surface area (Å²) in [5.74, 6) is 0.222. The van der Waals surface area contributed by atoms with E-state index in [1.165, 1.54) is 16.0 Å². The molecule has 32 heavy (non-hydrogen) atoms. The van der Waals surface area contributed by atoms with Crippen molar-refractivity contribution < 1.29 is 4.79 Å². The van der Waals surface area contributed by atoms with Crippen molar-refractivity contribution in [3.05, 3.63) is 94.5 Å². The van der Waals surface area contributed by atoms with Crippen LogP contribution in [0.15, 0.2) is 71.7 Å². The van der Waals surface area contributed by atoms with E-state index in [-0.39, 0.29) is 17.3 Å². The van der Waals surface area contributed by atoms with Gasteiger partial charge in [0.25, 0.3) is 5.91 Å². The van der Waals surface area contributed by atoms with Crippen LogP contribution in [-0.4, -0.2) is 23.8 Å². The monoisotopic (exact) mass is 418 g/mol. The van der Waals surface area contributed by atoms with Gasteiger partial charge in [0, 0.05) is 12.5 Å². The summed E-state index contributed by atoms with van der Waals surface area (Å²) < 4.78 is 0. The third-order valence-corrected chi connectivity index (χ3v) is 7.54. The Morgan fingerprint density at radius 1 is 0.938 bits per heavy atom. The molecule has 1 aliphatic heterocycles. The van der Waals surface area contributed by atoms with E-state index < -0.39 is 5.54 Å². The molecule has 2 N–H and O–H groups in total. The van der Waals surface area contributed by atoms with Crippen molar-refractivity contribution in [3.8, 4) is 17.2 Å². The lowest BCUT2D eigenvalue weighted by Crippen LogP contribution is -2.50. The van der Waals surface area contributed by atoms with E-state index in [1.807, 2.05) is 18.2 Å². The zero-order valence-electron chi connectivity index (χ0n) is 17.8. The number of hydrogen-bond donors (Lipinski definition) is 1. The zero-order chi connectivity index (χ0) is 22.1. The molecule has 0 fully saturated rings. The Balaban J connectivity index is 1.57. The van der Waals surface area contributed by atoms with E-state index in [1.54, 1.807) is 13.1 Å². The zero-order valence-corrected chi connectivity index (χ0v) is 17.8. The first-order valence-electron chi connectivity index (χ1n) is 10.8. The normalized spacial score (nSPS) is 22.2. The van der Waals surface area contributed by atoms with Gasteiger partial charge in [-0.3, -0.25) is 9.69 Å². The molecule has 3 aromatic rings. The molecule has 0 saturated carbocycles. The smallest absolute Gasteiger partial charge is 0.262 e. The molecule has 2 aliphatic carbocycles. The molecular weight excluding hydrogens is 396 g/mol. The fourth-order valence-electron chi connectivity index (χ4n) is 6.03. The van der Waals surface area contributed by atoms with Gasteiger partial charge < -0.3 is 5.73 Å². The molecule has 5 nitrogen and oxygen atoms in total. The first-order chi connectivity index (χ1) is 15.5. The van der Waals surface area contributed by atoms with Crippen molar-refractivity contribution in [2.45, 2.75) is 24.8 Å². The van der Waals surface area contributed by atoms with Gasteiger partial charge in [-0.2, -0.15) is 5.26 Å². The number of carbonyl (C=O) groups excluding carboxylic acids is 1. The number of likely N-dealkylation sites (N-methyl/N-ethyl adjacent to an activating group) is 1. The largest absolute Gasteiger partial charge is 0.369 e. The summed E-state index contributed by atoms with van der Waals surface area (Å²) in [5, 5.41) is 9.32. The van der Waals surface area contributed by atoms with Gasteiger partial charge in [-0.05, 0) is 70.8 Å². The second kappa shape index (κ2) is 6.30. The van der Waals surface area contributed by atoms with Crippen LogP contribution in [0.2, 0.25) is 0 Å². The van der Waals surface area contributed by atoms with Crippen molar-refractivity contribution in [2.75, 3.05) is 7.05 Å². The lowest BCUT2D eigenvalue weighted by Gasteiger charge is -2.37. The highest BCUT2D eigenvalue weighted by Gasteiger charge is 2.67. The van der Waals surface area contributed by atoms with Crippen LogP contribution < -0.4 is 5.73 Å². The van der Waals surface area contributed by atoms with E-state index in [2.05, 4.69) is 48.5 Å². The Morgan fingerprint density at radius 3 is 2.28 bits per heavy atom. The van der Waals surface area contributed by atoms with Gasteiger partial charge in [0.05, 0.1) is 11.6 Å². The van der Waals surface area contributed by atoms with Crippen LogP contribution in [0.25, 0.3) is 11.1 Å². The number of rotatable bonds is 1. The predicted molar refractivity (Wildman–Crippen MR) is 123 cm³/mol. The Hall–Kier alpha value is -3.91. The first-order valence-corrected chi connectivity index (χ1v) is 10.8. The molecule has 5 heteroatoms. The van der Waals surface area contributed by atoms with Crippen LogP contribution >= 0.6 is 0 Å². The second-order valence-electron chi connectivity index (χ2n) is 9.19. The van der Waals surface area contributed by atoms with Crippen LogP contribution in [-0.2, 0) is 29.6 Å². The van der Waals surface area contributed by atoms with Crippen LogP contribution in [0, 0.1) is 16.7 Å². The Morgan fingerprint density at radius 2 is 1.62 bits per heavy atom. The number of guanidine groups is 1. The molecule has 2 spiro atoms. The molecule has 0 radical (unpaired) electrons. The first kappa shape index (κ1) is 18.8. The van der Waals surface area contributed by atoms with E-state index in [0.717, 1.165) is 41.5 Å². The topological polar surface area (TPSA) is 82.5 Å². The molecular formula is C27H22N4O. The molecule has 0 unspecified atom stereocenters. The SMILES string of the molecule is CN1C(=O)[C@]2(N=C1N)c1cc(-c3cccc(C#N)c3)ccc1CC21Cc2ccccc2C1. The number of carbonyl (C=O) groups is 1. The fourth-order valence-corrected chi connectivity index (χ4v) is 6.03. The van der Waals surface area contributed by atoms with Gasteiger partial charge in [-0.15, -0.1) is 0 Å². The molecule has 1 amide bonds. The molecule has 156 valence electrons. The Labute approximate surface area is 186 Å². The van der Waals surface area contributed by atoms with Crippen molar-refractivity contribution >= 4 is 11.9 Å². The van der Waals surface area contributed by atoms with Crippen molar-refractivity contribution in [1.29, 1.82) is 5.26 Å². The van der Waals surface area contributed by atoms with Gasteiger partial charge in [-0.1, -0.05) is 48.5 Å². The molecule has 1 atom stereocenters. The highest BCUT2D eigenvalue weighted by atomic mass is 16.2. The Bertz CT molecular complexity index is 1360. The molecule has 1 heterocycles. The summed E-state index contributed by atoms with van der Waals surface area (Å²) in [7, 11) is 1.71. The summed E-state index contributed by atoms with van der Waals surface area (Å²) >= 11 is 0. The van der Waals surface area contributed by atoms with E-state index in [0.29, 0.717) is 5.56 Å². The summed E-state index contributed by atoms with van der Waals surface area (Å²) in [5.41, 5.74) is 12.1. The highest BCUT2D eigenvalue weighted by Crippen LogP contribution is 2.61. The third-order valence-electron chi connectivity index (χ3n) is 7.54. The second-order valence-corrected chi connectivity index (χ2v) is 9.19. The Kier molecular flexibility index (Phi) is 3.71. The summed E-state index contributed by atoms with van der Waals surface area (Å²) in [4.78, 5) is 20.3. The van der Waals surface area contributed by atoms with Crippen molar-refractivity contribution in [3.63, 3.8) is 0 Å². The summed E-state index contributed by atoms with van der Waals surface area (Å²) in [6.07, 6.45) is 2.38. The third kappa shape index (κ3) is 2.27. The minimum atomic E-state index is -1.02. The summed E-state index contributed by atoms with van der Waals surface area (Å²) in [6, 6.07) is 24.5. The maximum Gasteiger partial charge on any atom is 0.262 e. The van der Waals surface area contributed by atoms with Gasteiger partial charge in [0.1, 0.15) is 0 Å². The lowest BCUT2D eigenvalue weighted by molar-refractivity contribution is -0.134. The number of benzene rings is 3. The average molecular weight is 419 g/mol. The fraction of sp³-hybridized carbons (Fsp3) is 0.222. The number of nitrogens with two attached hydrogens (primary N) is 1. The van der Waals surface area contributed by atoms with Gasteiger partial charge in [-0.25, -0.2) is 4.99 Å². The standard InChI is InChI=1S/C27H22N4O/c1-31-24(32)27(30-25(31)29)23-12-19(18-8-4-5-17(11-18)16-28)9-10-22(23)15-26(27)13-20-6-2-3-7-21(20)14-26/h2-12H,13-15H2,1H3,(H2,29,30)/t27-/m1/s1. The number of hydrogen-bond acceptors (Lipinski definition) is 4. The van der Waals surface area contributed by atoms with Gasteiger partial charge in [0.2, 0.25) is 0 Å². The molecule has 0 saturated heterocycles. The molecule has 3 aromatic carbocycles. The number of fused-ring (bicyclic) bond motifs is 4. The molecule has 0 bridgehead atoms. The predicted octanol–water partition coefficient (Wildman–Crippen LogP) is 3.55. The van der Waals surface area contributed by atoms with E-state index in [9.17, 15) is 10.1 Å². The number of amides is 1. The van der Waals surface area contributed by atoms with Crippen LogP contribution in [0.4, 0.5) is 0 Å². The average Bonchev–Trinajstić information content (AvgIpc) is 3.40. The van der Waals surface area contributed by atoms with Crippen LogP contribution in [0.3, 0.4) is 0 Å². The minimum absolute atomic E-state index is 0.0514. The van der Waals surface area contributed by atoms with Crippen LogP contribution in [0.5, 0.6) is 0 Å². The minimum Gasteiger partial charge on any atom is -0.369 e. The van der Waals surface area contributed by atoms with Crippen molar-refractivity contribution in [2.24, 2.45) is 16.1 Å². The lowest BCUT2D eigenvalue weighted by atomic mass is 9.67. The molecule has 0 aromatic heterocycles. The number of nitrogens with zero attached hydrogens (tertiary/aromatic N) is 3.